The molecular weight excluding hydrogens is 202 g/mol. The highest BCUT2D eigenvalue weighted by molar-refractivity contribution is 5.39. The van der Waals surface area contributed by atoms with Crippen LogP contribution >= 0.6 is 0 Å². The highest BCUT2D eigenvalue weighted by Gasteiger charge is 2.04. The summed E-state index contributed by atoms with van der Waals surface area (Å²) in [5, 5.41) is 9.23. The number of ether oxygens (including phenoxy) is 1. The molecule has 0 saturated carbocycles. The number of aromatic nitrogens is 1. The molecule has 0 spiro atoms. The number of rotatable bonds is 3. The van der Waals surface area contributed by atoms with E-state index in [1.165, 1.54) is 0 Å². The molecule has 0 atom stereocenters. The summed E-state index contributed by atoms with van der Waals surface area (Å²) in [6.45, 7) is 1.95. The van der Waals surface area contributed by atoms with Crippen molar-refractivity contribution in [2.24, 2.45) is 0 Å². The van der Waals surface area contributed by atoms with Gasteiger partial charge in [-0.05, 0) is 25.1 Å². The molecule has 0 radical (unpaired) electrons. The van der Waals surface area contributed by atoms with Crippen molar-refractivity contribution in [2.45, 2.75) is 13.5 Å². The molecule has 0 fully saturated rings. The van der Waals surface area contributed by atoms with Gasteiger partial charge < -0.3 is 9.84 Å². The number of nitrogens with zero attached hydrogens (tertiary/aromatic N) is 1. The Kier molecular flexibility index (Phi) is 3.17. The largest absolute Gasteiger partial charge is 0.455 e. The summed E-state index contributed by atoms with van der Waals surface area (Å²) < 4.78 is 5.63. The second-order valence-electron chi connectivity index (χ2n) is 3.56. The van der Waals surface area contributed by atoms with Crippen LogP contribution in [0, 0.1) is 6.92 Å². The zero-order valence-electron chi connectivity index (χ0n) is 9.05. The van der Waals surface area contributed by atoms with Crippen LogP contribution in [0.3, 0.4) is 0 Å². The van der Waals surface area contributed by atoms with Gasteiger partial charge >= 0.3 is 0 Å². The first-order chi connectivity index (χ1) is 7.79. The third-order valence-electron chi connectivity index (χ3n) is 2.25. The molecule has 0 unspecified atom stereocenters. The van der Waals surface area contributed by atoms with E-state index in [1.807, 2.05) is 37.3 Å². The summed E-state index contributed by atoms with van der Waals surface area (Å²) >= 11 is 0. The average molecular weight is 215 g/mol. The molecule has 0 saturated heterocycles. The number of hydrogen-bond donors (Lipinski definition) is 1. The Hall–Kier alpha value is -1.87. The van der Waals surface area contributed by atoms with E-state index in [9.17, 15) is 5.11 Å². The Bertz CT molecular complexity index is 469. The summed E-state index contributed by atoms with van der Waals surface area (Å²) in [6.07, 6.45) is 3.33. The smallest absolute Gasteiger partial charge is 0.145 e. The summed E-state index contributed by atoms with van der Waals surface area (Å²) in [6, 6.07) is 9.35. The third-order valence-corrected chi connectivity index (χ3v) is 2.25. The van der Waals surface area contributed by atoms with Crippen LogP contribution in [0.5, 0.6) is 11.5 Å². The molecule has 2 aromatic rings. The van der Waals surface area contributed by atoms with Gasteiger partial charge in [-0.3, -0.25) is 4.98 Å². The maximum atomic E-state index is 9.23. The third kappa shape index (κ3) is 2.38. The van der Waals surface area contributed by atoms with E-state index in [0.717, 1.165) is 11.1 Å². The Morgan fingerprint density at radius 3 is 2.88 bits per heavy atom. The fourth-order valence-corrected chi connectivity index (χ4v) is 1.47. The van der Waals surface area contributed by atoms with Gasteiger partial charge in [0.05, 0.1) is 12.8 Å². The zero-order valence-corrected chi connectivity index (χ0v) is 9.05. The minimum Gasteiger partial charge on any atom is -0.455 e. The van der Waals surface area contributed by atoms with Crippen LogP contribution < -0.4 is 4.74 Å². The molecule has 3 nitrogen and oxygen atoms in total. The second-order valence-corrected chi connectivity index (χ2v) is 3.56. The quantitative estimate of drug-likeness (QED) is 0.855. The fourth-order valence-electron chi connectivity index (χ4n) is 1.47. The lowest BCUT2D eigenvalue weighted by Crippen LogP contribution is -1.92. The maximum Gasteiger partial charge on any atom is 0.145 e. The minimum atomic E-state index is -0.0305. The van der Waals surface area contributed by atoms with Gasteiger partial charge in [-0.2, -0.15) is 0 Å². The monoisotopic (exact) mass is 215 g/mol. The van der Waals surface area contributed by atoms with Crippen molar-refractivity contribution in [2.75, 3.05) is 0 Å². The molecule has 0 aliphatic carbocycles. The molecule has 0 aliphatic heterocycles. The lowest BCUT2D eigenvalue weighted by Gasteiger charge is -2.09. The van der Waals surface area contributed by atoms with Crippen LogP contribution in [-0.4, -0.2) is 10.1 Å². The highest BCUT2D eigenvalue weighted by Crippen LogP contribution is 2.25. The van der Waals surface area contributed by atoms with Gasteiger partial charge in [0.1, 0.15) is 11.5 Å². The van der Waals surface area contributed by atoms with E-state index < -0.39 is 0 Å². The Labute approximate surface area is 94.3 Å². The number of aliphatic hydroxyl groups excluding tert-OH is 1. The Morgan fingerprint density at radius 1 is 1.31 bits per heavy atom. The van der Waals surface area contributed by atoms with Crippen molar-refractivity contribution >= 4 is 0 Å². The summed E-state index contributed by atoms with van der Waals surface area (Å²) in [7, 11) is 0. The minimum absolute atomic E-state index is 0.0305. The summed E-state index contributed by atoms with van der Waals surface area (Å²) in [4.78, 5) is 3.97. The molecule has 0 amide bonds. The first-order valence-electron chi connectivity index (χ1n) is 5.08. The Morgan fingerprint density at radius 2 is 2.19 bits per heavy atom. The lowest BCUT2D eigenvalue weighted by atomic mass is 10.1. The Balaban J connectivity index is 2.28. The van der Waals surface area contributed by atoms with E-state index >= 15 is 0 Å². The predicted molar refractivity (Wildman–Crippen MR) is 61.4 cm³/mol. The fraction of sp³-hybridized carbons (Fsp3) is 0.154. The molecule has 0 bridgehead atoms. The van der Waals surface area contributed by atoms with E-state index in [1.54, 1.807) is 12.4 Å². The first kappa shape index (κ1) is 10.6. The predicted octanol–water partition coefficient (Wildman–Crippen LogP) is 2.67. The van der Waals surface area contributed by atoms with Crippen LogP contribution in [0.1, 0.15) is 11.1 Å². The molecule has 1 heterocycles. The van der Waals surface area contributed by atoms with Crippen molar-refractivity contribution < 1.29 is 9.84 Å². The SMILES string of the molecule is Cc1ccc(Oc2cccnc2)c(CO)c1. The van der Waals surface area contributed by atoms with Crippen molar-refractivity contribution in [3.8, 4) is 11.5 Å². The molecule has 1 aromatic carbocycles. The average Bonchev–Trinajstić information content (AvgIpc) is 2.33. The number of pyridine rings is 1. The zero-order chi connectivity index (χ0) is 11.4. The van der Waals surface area contributed by atoms with Gasteiger partial charge in [-0.25, -0.2) is 0 Å². The van der Waals surface area contributed by atoms with Crippen molar-refractivity contribution in [3.63, 3.8) is 0 Å². The van der Waals surface area contributed by atoms with Gasteiger partial charge in [0.2, 0.25) is 0 Å². The van der Waals surface area contributed by atoms with Gasteiger partial charge in [0.15, 0.2) is 0 Å². The van der Waals surface area contributed by atoms with E-state index in [2.05, 4.69) is 4.98 Å². The number of benzene rings is 1. The second kappa shape index (κ2) is 4.77. The molecule has 2 rings (SSSR count). The van der Waals surface area contributed by atoms with Gasteiger partial charge in [-0.15, -0.1) is 0 Å². The first-order valence-corrected chi connectivity index (χ1v) is 5.08. The van der Waals surface area contributed by atoms with Gasteiger partial charge in [0, 0.05) is 11.8 Å². The molecule has 16 heavy (non-hydrogen) atoms. The molecule has 0 aliphatic rings. The van der Waals surface area contributed by atoms with Crippen LogP contribution in [-0.2, 0) is 6.61 Å². The van der Waals surface area contributed by atoms with Crippen molar-refractivity contribution in [3.05, 3.63) is 53.9 Å². The molecule has 1 N–H and O–H groups in total. The van der Waals surface area contributed by atoms with E-state index in [0.29, 0.717) is 11.5 Å². The van der Waals surface area contributed by atoms with Gasteiger partial charge in [-0.1, -0.05) is 17.7 Å². The highest BCUT2D eigenvalue weighted by atomic mass is 16.5. The van der Waals surface area contributed by atoms with Crippen LogP contribution in [0.2, 0.25) is 0 Å². The van der Waals surface area contributed by atoms with Crippen LogP contribution in [0.25, 0.3) is 0 Å². The number of aryl methyl sites for hydroxylation is 1. The molecule has 3 heteroatoms. The molecule has 1 aromatic heterocycles. The van der Waals surface area contributed by atoms with Crippen LogP contribution in [0.15, 0.2) is 42.7 Å². The summed E-state index contributed by atoms with van der Waals surface area (Å²) in [5.74, 6) is 1.34. The molecule has 82 valence electrons. The molecular formula is C13H13NO2. The summed E-state index contributed by atoms with van der Waals surface area (Å²) in [5.41, 5.74) is 1.88. The maximum absolute atomic E-state index is 9.23. The number of hydrogen-bond acceptors (Lipinski definition) is 3. The van der Waals surface area contributed by atoms with E-state index in [4.69, 9.17) is 4.74 Å². The normalized spacial score (nSPS) is 10.1. The van der Waals surface area contributed by atoms with Crippen molar-refractivity contribution in [1.29, 1.82) is 0 Å². The van der Waals surface area contributed by atoms with Crippen molar-refractivity contribution in [1.82, 2.24) is 4.98 Å². The lowest BCUT2D eigenvalue weighted by molar-refractivity contribution is 0.276. The topological polar surface area (TPSA) is 42.4 Å². The standard InChI is InChI=1S/C13H13NO2/c1-10-4-5-13(11(7-10)9-15)16-12-3-2-6-14-8-12/h2-8,15H,9H2,1H3. The van der Waals surface area contributed by atoms with Gasteiger partial charge in [0.25, 0.3) is 0 Å². The van der Waals surface area contributed by atoms with Crippen LogP contribution in [0.4, 0.5) is 0 Å². The number of aliphatic hydroxyl groups is 1. The van der Waals surface area contributed by atoms with E-state index in [-0.39, 0.29) is 6.61 Å².